The van der Waals surface area contributed by atoms with Crippen LogP contribution in [-0.2, 0) is 9.53 Å². The minimum Gasteiger partial charge on any atom is -0.461 e. The van der Waals surface area contributed by atoms with Crippen molar-refractivity contribution < 1.29 is 9.53 Å². The fraction of sp³-hybridized carbons (Fsp3) is 0.588. The quantitative estimate of drug-likeness (QED) is 0.310. The molecular weight excluding hydrogens is 250 g/mol. The highest BCUT2D eigenvalue weighted by atomic mass is 16.5. The predicted octanol–water partition coefficient (Wildman–Crippen LogP) is 3.73. The summed E-state index contributed by atoms with van der Waals surface area (Å²) >= 11 is 0. The van der Waals surface area contributed by atoms with Gasteiger partial charge in [0, 0.05) is 6.42 Å². The first-order chi connectivity index (χ1) is 9.67. The van der Waals surface area contributed by atoms with E-state index in [0.29, 0.717) is 6.42 Å². The zero-order chi connectivity index (χ0) is 15.2. The van der Waals surface area contributed by atoms with Crippen molar-refractivity contribution in [1.29, 1.82) is 0 Å². The molecule has 0 aliphatic rings. The Hall–Kier alpha value is -1.35. The minimum atomic E-state index is -0.139. The van der Waals surface area contributed by atoms with E-state index in [0.717, 1.165) is 38.0 Å². The molecule has 0 spiro atoms. The van der Waals surface area contributed by atoms with Crippen molar-refractivity contribution in [3.63, 3.8) is 0 Å². The molecule has 3 heteroatoms. The number of hydrogen-bond acceptors (Lipinski definition) is 3. The van der Waals surface area contributed by atoms with E-state index in [4.69, 9.17) is 4.74 Å². The molecule has 0 heterocycles. The molecule has 0 saturated carbocycles. The summed E-state index contributed by atoms with van der Waals surface area (Å²) in [4.78, 5) is 14.0. The third kappa shape index (κ3) is 9.56. The number of nitrogens with zero attached hydrogens (tertiary/aromatic N) is 1. The van der Waals surface area contributed by atoms with Crippen molar-refractivity contribution in [2.24, 2.45) is 0 Å². The van der Waals surface area contributed by atoms with E-state index >= 15 is 0 Å². The second-order valence-electron chi connectivity index (χ2n) is 4.73. The maximum absolute atomic E-state index is 11.6. The molecule has 0 saturated heterocycles. The maximum atomic E-state index is 11.6. The summed E-state index contributed by atoms with van der Waals surface area (Å²) in [6, 6.07) is 0. The Morgan fingerprint density at radius 3 is 2.50 bits per heavy atom. The number of ether oxygens (including phenoxy) is 1. The van der Waals surface area contributed by atoms with Crippen LogP contribution in [0.3, 0.4) is 0 Å². The topological polar surface area (TPSA) is 29.5 Å². The smallest absolute Gasteiger partial charge is 0.306 e. The fourth-order valence-corrected chi connectivity index (χ4v) is 1.91. The molecule has 0 fully saturated rings. The molecule has 0 rings (SSSR count). The number of allylic oxidation sites excluding steroid dienone is 2. The van der Waals surface area contributed by atoms with Crippen molar-refractivity contribution >= 4 is 5.97 Å². The molecule has 0 bridgehead atoms. The van der Waals surface area contributed by atoms with Gasteiger partial charge in [0.25, 0.3) is 0 Å². The van der Waals surface area contributed by atoms with Crippen molar-refractivity contribution in [1.82, 2.24) is 4.90 Å². The Morgan fingerprint density at radius 1 is 1.20 bits per heavy atom. The van der Waals surface area contributed by atoms with Crippen molar-refractivity contribution in [2.75, 3.05) is 26.2 Å². The SMILES string of the molecule is C=C/C=C(\C=C)COC(=O)CCCCN(CC)CCC. The summed E-state index contributed by atoms with van der Waals surface area (Å²) in [7, 11) is 0. The fourth-order valence-electron chi connectivity index (χ4n) is 1.91. The second-order valence-corrected chi connectivity index (χ2v) is 4.73. The van der Waals surface area contributed by atoms with Crippen LogP contribution in [0.4, 0.5) is 0 Å². The van der Waals surface area contributed by atoms with Crippen molar-refractivity contribution in [3.05, 3.63) is 37.0 Å². The van der Waals surface area contributed by atoms with Crippen LogP contribution in [0.25, 0.3) is 0 Å². The van der Waals surface area contributed by atoms with Gasteiger partial charge in [0.15, 0.2) is 0 Å². The van der Waals surface area contributed by atoms with E-state index in [1.165, 1.54) is 6.42 Å². The Balaban J connectivity index is 3.75. The summed E-state index contributed by atoms with van der Waals surface area (Å²) in [6.45, 7) is 15.2. The van der Waals surface area contributed by atoms with Gasteiger partial charge in [0.2, 0.25) is 0 Å². The lowest BCUT2D eigenvalue weighted by Gasteiger charge is -2.18. The highest BCUT2D eigenvalue weighted by Crippen LogP contribution is 2.03. The lowest BCUT2D eigenvalue weighted by molar-refractivity contribution is -0.142. The third-order valence-corrected chi connectivity index (χ3v) is 3.09. The summed E-state index contributed by atoms with van der Waals surface area (Å²) in [5.41, 5.74) is 0.869. The average Bonchev–Trinajstić information content (AvgIpc) is 2.46. The van der Waals surface area contributed by atoms with Gasteiger partial charge in [-0.2, -0.15) is 0 Å². The molecule has 0 atom stereocenters. The highest BCUT2D eigenvalue weighted by Gasteiger charge is 2.05. The predicted molar refractivity (Wildman–Crippen MR) is 85.7 cm³/mol. The molecule has 20 heavy (non-hydrogen) atoms. The molecule has 0 aromatic carbocycles. The molecule has 3 nitrogen and oxygen atoms in total. The van der Waals surface area contributed by atoms with Crippen molar-refractivity contribution in [2.45, 2.75) is 39.5 Å². The maximum Gasteiger partial charge on any atom is 0.306 e. The van der Waals surface area contributed by atoms with E-state index in [9.17, 15) is 4.79 Å². The summed E-state index contributed by atoms with van der Waals surface area (Å²) in [6.07, 6.45) is 8.73. The lowest BCUT2D eigenvalue weighted by atomic mass is 10.2. The lowest BCUT2D eigenvalue weighted by Crippen LogP contribution is -2.25. The zero-order valence-electron chi connectivity index (χ0n) is 13.1. The van der Waals surface area contributed by atoms with E-state index in [2.05, 4.69) is 31.9 Å². The van der Waals surface area contributed by atoms with Gasteiger partial charge < -0.3 is 9.64 Å². The first-order valence-electron chi connectivity index (χ1n) is 7.49. The zero-order valence-corrected chi connectivity index (χ0v) is 13.1. The normalized spacial score (nSPS) is 11.4. The van der Waals surface area contributed by atoms with Gasteiger partial charge in [-0.3, -0.25) is 4.79 Å². The monoisotopic (exact) mass is 279 g/mol. The molecule has 0 unspecified atom stereocenters. The number of esters is 1. The molecule has 0 amide bonds. The summed E-state index contributed by atoms with van der Waals surface area (Å²) < 4.78 is 5.19. The molecular formula is C17H29NO2. The van der Waals surface area contributed by atoms with Crippen LogP contribution in [0.5, 0.6) is 0 Å². The molecule has 0 aliphatic carbocycles. The Bertz CT molecular complexity index is 321. The van der Waals surface area contributed by atoms with Gasteiger partial charge in [-0.15, -0.1) is 0 Å². The van der Waals surface area contributed by atoms with Gasteiger partial charge in [-0.1, -0.05) is 45.2 Å². The van der Waals surface area contributed by atoms with Crippen LogP contribution in [0, 0.1) is 0 Å². The molecule has 0 aromatic heterocycles. The molecule has 0 aromatic rings. The molecule has 0 N–H and O–H groups in total. The summed E-state index contributed by atoms with van der Waals surface area (Å²) in [5.74, 6) is -0.139. The minimum absolute atomic E-state index is 0.139. The van der Waals surface area contributed by atoms with Gasteiger partial charge in [0.1, 0.15) is 6.61 Å². The average molecular weight is 279 g/mol. The van der Waals surface area contributed by atoms with E-state index in [1.807, 2.05) is 0 Å². The Kier molecular flexibility index (Phi) is 11.8. The first kappa shape index (κ1) is 18.7. The number of hydrogen-bond donors (Lipinski definition) is 0. The van der Waals surface area contributed by atoms with Gasteiger partial charge in [-0.25, -0.2) is 0 Å². The number of carbonyl (C=O) groups is 1. The summed E-state index contributed by atoms with van der Waals surface area (Å²) in [5, 5.41) is 0. The van der Waals surface area contributed by atoms with E-state index < -0.39 is 0 Å². The van der Waals surface area contributed by atoms with Crippen LogP contribution in [0.2, 0.25) is 0 Å². The van der Waals surface area contributed by atoms with E-state index in [-0.39, 0.29) is 12.6 Å². The highest BCUT2D eigenvalue weighted by molar-refractivity contribution is 5.69. The van der Waals surface area contributed by atoms with Crippen LogP contribution in [0.15, 0.2) is 37.0 Å². The standard InChI is InChI=1S/C17H29NO2/c1-5-11-16(7-3)15-20-17(19)12-9-10-14-18(8-4)13-6-2/h5,7,11H,1,3,6,8-10,12-15H2,2,4H3/b16-11+. The molecule has 0 radical (unpaired) electrons. The number of carbonyl (C=O) groups excluding carboxylic acids is 1. The largest absolute Gasteiger partial charge is 0.461 e. The Morgan fingerprint density at radius 2 is 1.95 bits per heavy atom. The number of unbranched alkanes of at least 4 members (excludes halogenated alkanes) is 1. The van der Waals surface area contributed by atoms with Crippen LogP contribution in [-0.4, -0.2) is 37.1 Å². The number of rotatable bonds is 12. The Labute approximate surface area is 124 Å². The first-order valence-corrected chi connectivity index (χ1v) is 7.49. The van der Waals surface area contributed by atoms with Gasteiger partial charge >= 0.3 is 5.97 Å². The van der Waals surface area contributed by atoms with Crippen molar-refractivity contribution in [3.8, 4) is 0 Å². The molecule has 114 valence electrons. The van der Waals surface area contributed by atoms with Crippen LogP contribution < -0.4 is 0 Å². The second kappa shape index (κ2) is 12.7. The van der Waals surface area contributed by atoms with Gasteiger partial charge in [-0.05, 0) is 44.5 Å². The molecule has 0 aliphatic heterocycles. The van der Waals surface area contributed by atoms with Crippen LogP contribution in [0.1, 0.15) is 39.5 Å². The van der Waals surface area contributed by atoms with Gasteiger partial charge in [0.05, 0.1) is 0 Å². The van der Waals surface area contributed by atoms with E-state index in [1.54, 1.807) is 18.2 Å². The third-order valence-electron chi connectivity index (χ3n) is 3.09. The van der Waals surface area contributed by atoms with Crippen LogP contribution >= 0.6 is 0 Å².